The van der Waals surface area contributed by atoms with E-state index in [-0.39, 0.29) is 0 Å². The van der Waals surface area contributed by atoms with Crippen LogP contribution >= 0.6 is 0 Å². The Hall–Kier alpha value is -2.41. The van der Waals surface area contributed by atoms with Crippen LogP contribution in [0.1, 0.15) is 5.56 Å². The molecule has 0 saturated heterocycles. The minimum absolute atomic E-state index is 0.543. The van der Waals surface area contributed by atoms with Crippen molar-refractivity contribution in [3.8, 4) is 6.07 Å². The van der Waals surface area contributed by atoms with Gasteiger partial charge in [0.2, 0.25) is 0 Å². The Kier molecular flexibility index (Phi) is 2.56. The highest BCUT2D eigenvalue weighted by molar-refractivity contribution is 5.51. The van der Waals surface area contributed by atoms with E-state index in [9.17, 15) is 0 Å². The molecule has 0 unspecified atom stereocenters. The van der Waals surface area contributed by atoms with Gasteiger partial charge in [-0.1, -0.05) is 6.07 Å². The third-order valence-electron chi connectivity index (χ3n) is 1.81. The van der Waals surface area contributed by atoms with Crippen LogP contribution in [-0.4, -0.2) is 9.97 Å². The van der Waals surface area contributed by atoms with Crippen LogP contribution in [-0.2, 0) is 0 Å². The summed E-state index contributed by atoms with van der Waals surface area (Å²) in [5.41, 5.74) is 0.543. The second-order valence-corrected chi connectivity index (χ2v) is 2.88. The molecular formula is C11H8N4. The second-order valence-electron chi connectivity index (χ2n) is 2.88. The molecule has 0 aliphatic carbocycles. The van der Waals surface area contributed by atoms with E-state index >= 15 is 0 Å². The van der Waals surface area contributed by atoms with Crippen molar-refractivity contribution in [2.45, 2.75) is 0 Å². The van der Waals surface area contributed by atoms with Gasteiger partial charge in [-0.2, -0.15) is 5.26 Å². The number of pyridine rings is 2. The van der Waals surface area contributed by atoms with Crippen LogP contribution in [0.4, 0.5) is 11.6 Å². The van der Waals surface area contributed by atoms with Crippen LogP contribution in [0.15, 0.2) is 42.7 Å². The highest BCUT2D eigenvalue weighted by Gasteiger charge is 1.96. The molecule has 0 saturated carbocycles. The topological polar surface area (TPSA) is 61.6 Å². The Bertz CT molecular complexity index is 470. The predicted octanol–water partition coefficient (Wildman–Crippen LogP) is 2.09. The lowest BCUT2D eigenvalue weighted by molar-refractivity contribution is 1.24. The molecular weight excluding hydrogens is 188 g/mol. The number of nitrogens with one attached hydrogen (secondary N) is 1. The average Bonchev–Trinajstić information content (AvgIpc) is 2.31. The summed E-state index contributed by atoms with van der Waals surface area (Å²) in [5.74, 6) is 1.41. The highest BCUT2D eigenvalue weighted by atomic mass is 15.0. The fraction of sp³-hybridized carbons (Fsp3) is 0. The molecule has 0 aromatic carbocycles. The van der Waals surface area contributed by atoms with Gasteiger partial charge in [0, 0.05) is 12.4 Å². The van der Waals surface area contributed by atoms with Gasteiger partial charge in [-0.05, 0) is 24.3 Å². The summed E-state index contributed by atoms with van der Waals surface area (Å²) in [6, 6.07) is 11.0. The van der Waals surface area contributed by atoms with Gasteiger partial charge in [-0.15, -0.1) is 0 Å². The van der Waals surface area contributed by atoms with Gasteiger partial charge < -0.3 is 5.32 Å². The second kappa shape index (κ2) is 4.20. The number of anilines is 2. The Morgan fingerprint density at radius 1 is 1.07 bits per heavy atom. The SMILES string of the molecule is N#Cc1ccc(Nc2ccccn2)nc1. The van der Waals surface area contributed by atoms with Crippen molar-refractivity contribution < 1.29 is 0 Å². The summed E-state index contributed by atoms with van der Waals surface area (Å²) >= 11 is 0. The van der Waals surface area contributed by atoms with Crippen LogP contribution in [0.2, 0.25) is 0 Å². The standard InChI is InChI=1S/C11H8N4/c12-7-9-4-5-11(14-8-9)15-10-3-1-2-6-13-10/h1-6,8H,(H,13,14,15). The van der Waals surface area contributed by atoms with E-state index < -0.39 is 0 Å². The minimum atomic E-state index is 0.543. The molecule has 0 aliphatic heterocycles. The molecule has 2 aromatic rings. The third kappa shape index (κ3) is 2.29. The summed E-state index contributed by atoms with van der Waals surface area (Å²) in [7, 11) is 0. The van der Waals surface area contributed by atoms with Crippen molar-refractivity contribution in [2.75, 3.05) is 5.32 Å². The van der Waals surface area contributed by atoms with Crippen LogP contribution in [0.5, 0.6) is 0 Å². The molecule has 1 N–H and O–H groups in total. The maximum atomic E-state index is 8.60. The maximum Gasteiger partial charge on any atom is 0.131 e. The Morgan fingerprint density at radius 3 is 2.53 bits per heavy atom. The smallest absolute Gasteiger partial charge is 0.131 e. The first-order valence-electron chi connectivity index (χ1n) is 4.43. The molecule has 0 atom stereocenters. The van der Waals surface area contributed by atoms with E-state index in [1.807, 2.05) is 24.3 Å². The minimum Gasteiger partial charge on any atom is -0.325 e. The van der Waals surface area contributed by atoms with Crippen LogP contribution in [0, 0.1) is 11.3 Å². The molecule has 15 heavy (non-hydrogen) atoms. The van der Waals surface area contributed by atoms with Gasteiger partial charge in [-0.25, -0.2) is 9.97 Å². The molecule has 0 amide bonds. The summed E-state index contributed by atoms with van der Waals surface area (Å²) < 4.78 is 0. The highest BCUT2D eigenvalue weighted by Crippen LogP contribution is 2.10. The Labute approximate surface area is 87.2 Å². The first-order valence-corrected chi connectivity index (χ1v) is 4.43. The zero-order chi connectivity index (χ0) is 10.5. The molecule has 0 radical (unpaired) electrons. The van der Waals surface area contributed by atoms with E-state index in [2.05, 4.69) is 15.3 Å². The van der Waals surface area contributed by atoms with Crippen LogP contribution < -0.4 is 5.32 Å². The monoisotopic (exact) mass is 196 g/mol. The van der Waals surface area contributed by atoms with E-state index in [1.165, 1.54) is 6.20 Å². The molecule has 0 aliphatic rings. The molecule has 0 fully saturated rings. The van der Waals surface area contributed by atoms with Gasteiger partial charge in [-0.3, -0.25) is 0 Å². The number of aromatic nitrogens is 2. The Morgan fingerprint density at radius 2 is 1.93 bits per heavy atom. The van der Waals surface area contributed by atoms with Gasteiger partial charge in [0.25, 0.3) is 0 Å². The van der Waals surface area contributed by atoms with Crippen LogP contribution in [0.25, 0.3) is 0 Å². The fourth-order valence-electron chi connectivity index (χ4n) is 1.10. The molecule has 2 aromatic heterocycles. The first-order chi connectivity index (χ1) is 7.38. The first kappa shape index (κ1) is 9.16. The molecule has 2 heterocycles. The number of hydrogen-bond acceptors (Lipinski definition) is 4. The number of hydrogen-bond donors (Lipinski definition) is 1. The zero-order valence-corrected chi connectivity index (χ0v) is 7.88. The largest absolute Gasteiger partial charge is 0.325 e. The summed E-state index contributed by atoms with van der Waals surface area (Å²) in [4.78, 5) is 8.17. The molecule has 2 rings (SSSR count). The summed E-state index contributed by atoms with van der Waals surface area (Å²) in [5, 5.41) is 11.6. The lowest BCUT2D eigenvalue weighted by Gasteiger charge is -2.02. The van der Waals surface area contributed by atoms with Gasteiger partial charge >= 0.3 is 0 Å². The Balaban J connectivity index is 2.16. The predicted molar refractivity (Wildman–Crippen MR) is 56.5 cm³/mol. The molecule has 0 bridgehead atoms. The van der Waals surface area contributed by atoms with Crippen LogP contribution in [0.3, 0.4) is 0 Å². The van der Waals surface area contributed by atoms with Gasteiger partial charge in [0.15, 0.2) is 0 Å². The van der Waals surface area contributed by atoms with Crippen molar-refractivity contribution in [1.82, 2.24) is 9.97 Å². The van der Waals surface area contributed by atoms with Gasteiger partial charge in [0.1, 0.15) is 17.7 Å². The van der Waals surface area contributed by atoms with Gasteiger partial charge in [0.05, 0.1) is 5.56 Å². The van der Waals surface area contributed by atoms with Crippen molar-refractivity contribution >= 4 is 11.6 Å². The number of nitriles is 1. The van der Waals surface area contributed by atoms with Crippen molar-refractivity contribution in [1.29, 1.82) is 5.26 Å². The van der Waals surface area contributed by atoms with E-state index in [1.54, 1.807) is 18.3 Å². The fourth-order valence-corrected chi connectivity index (χ4v) is 1.10. The van der Waals surface area contributed by atoms with E-state index in [0.29, 0.717) is 11.4 Å². The zero-order valence-electron chi connectivity index (χ0n) is 7.88. The molecule has 72 valence electrons. The lowest BCUT2D eigenvalue weighted by Crippen LogP contribution is -1.94. The van der Waals surface area contributed by atoms with E-state index in [4.69, 9.17) is 5.26 Å². The van der Waals surface area contributed by atoms with Crippen molar-refractivity contribution in [3.63, 3.8) is 0 Å². The number of rotatable bonds is 2. The maximum absolute atomic E-state index is 8.60. The van der Waals surface area contributed by atoms with Crippen molar-refractivity contribution in [2.24, 2.45) is 0 Å². The molecule has 4 nitrogen and oxygen atoms in total. The third-order valence-corrected chi connectivity index (χ3v) is 1.81. The molecule has 4 heteroatoms. The average molecular weight is 196 g/mol. The van der Waals surface area contributed by atoms with Crippen molar-refractivity contribution in [3.05, 3.63) is 48.3 Å². The lowest BCUT2D eigenvalue weighted by atomic mass is 10.3. The summed E-state index contributed by atoms with van der Waals surface area (Å²) in [6.45, 7) is 0. The molecule has 0 spiro atoms. The normalized spacial score (nSPS) is 9.27. The van der Waals surface area contributed by atoms with E-state index in [0.717, 1.165) is 5.82 Å². The number of nitrogens with zero attached hydrogens (tertiary/aromatic N) is 3. The summed E-state index contributed by atoms with van der Waals surface area (Å²) in [6.07, 6.45) is 3.22. The quantitative estimate of drug-likeness (QED) is 0.798.